The van der Waals surface area contributed by atoms with E-state index in [1.807, 2.05) is 24.3 Å². The van der Waals surface area contributed by atoms with Gasteiger partial charge in [0.1, 0.15) is 6.10 Å². The Labute approximate surface area is 108 Å². The monoisotopic (exact) mass is 250 g/mol. The number of aliphatic hydroxyl groups excluding tert-OH is 2. The molecule has 3 N–H and O–H groups in total. The summed E-state index contributed by atoms with van der Waals surface area (Å²) in [6.07, 6.45) is -0.786. The molecule has 18 heavy (non-hydrogen) atoms. The fourth-order valence-corrected chi connectivity index (χ4v) is 2.56. The zero-order valence-electron chi connectivity index (χ0n) is 10.8. The van der Waals surface area contributed by atoms with Gasteiger partial charge in [-0.1, -0.05) is 24.3 Å². The van der Waals surface area contributed by atoms with Gasteiger partial charge in [0.05, 0.1) is 6.61 Å². The number of benzene rings is 1. The second-order valence-electron chi connectivity index (χ2n) is 4.79. The minimum Gasteiger partial charge on any atom is -0.393 e. The lowest BCUT2D eigenvalue weighted by molar-refractivity contribution is 0.0925. The van der Waals surface area contributed by atoms with Crippen molar-refractivity contribution in [3.8, 4) is 0 Å². The first-order chi connectivity index (χ1) is 8.74. The average molecular weight is 250 g/mol. The summed E-state index contributed by atoms with van der Waals surface area (Å²) in [6.45, 7) is 5.99. The molecule has 1 aliphatic rings. The van der Waals surface area contributed by atoms with Gasteiger partial charge in [0.15, 0.2) is 0 Å². The Morgan fingerprint density at radius 2 is 1.83 bits per heavy atom. The van der Waals surface area contributed by atoms with Gasteiger partial charge in [-0.3, -0.25) is 4.90 Å². The van der Waals surface area contributed by atoms with Crippen LogP contribution in [0.15, 0.2) is 24.3 Å². The maximum atomic E-state index is 9.88. The highest BCUT2D eigenvalue weighted by molar-refractivity contribution is 5.31. The van der Waals surface area contributed by atoms with Crippen LogP contribution < -0.4 is 5.32 Å². The lowest BCUT2D eigenvalue weighted by atomic mass is 9.96. The van der Waals surface area contributed by atoms with Crippen LogP contribution in [0.4, 0.5) is 0 Å². The van der Waals surface area contributed by atoms with Crippen LogP contribution in [0.3, 0.4) is 0 Å². The predicted molar refractivity (Wildman–Crippen MR) is 71.3 cm³/mol. The van der Waals surface area contributed by atoms with Crippen LogP contribution in [0.25, 0.3) is 0 Å². The van der Waals surface area contributed by atoms with Gasteiger partial charge in [0.25, 0.3) is 0 Å². The van der Waals surface area contributed by atoms with Crippen molar-refractivity contribution in [3.05, 3.63) is 35.4 Å². The standard InChI is InChI=1S/C14H22N2O2/c1-11(16-8-6-15-7-9-16)12-4-2-3-5-13(12)14(18)10-17/h2-5,11,14-15,17-18H,6-10H2,1H3. The summed E-state index contributed by atoms with van der Waals surface area (Å²) >= 11 is 0. The fraction of sp³-hybridized carbons (Fsp3) is 0.571. The molecule has 0 spiro atoms. The number of aliphatic hydroxyl groups is 2. The highest BCUT2D eigenvalue weighted by Crippen LogP contribution is 2.27. The molecule has 1 aromatic carbocycles. The molecule has 0 aliphatic carbocycles. The van der Waals surface area contributed by atoms with Crippen molar-refractivity contribution in [1.29, 1.82) is 0 Å². The largest absolute Gasteiger partial charge is 0.393 e. The minimum absolute atomic E-state index is 0.231. The Morgan fingerprint density at radius 3 is 2.44 bits per heavy atom. The van der Waals surface area contributed by atoms with E-state index in [2.05, 4.69) is 17.1 Å². The van der Waals surface area contributed by atoms with E-state index in [-0.39, 0.29) is 12.6 Å². The van der Waals surface area contributed by atoms with Crippen LogP contribution in [0.5, 0.6) is 0 Å². The van der Waals surface area contributed by atoms with Gasteiger partial charge in [0.2, 0.25) is 0 Å². The Kier molecular flexibility index (Phi) is 4.72. The third kappa shape index (κ3) is 2.90. The molecule has 0 aromatic heterocycles. The SMILES string of the molecule is CC(c1ccccc1C(O)CO)N1CCNCC1. The Hall–Kier alpha value is -0.940. The zero-order valence-corrected chi connectivity index (χ0v) is 10.8. The number of hydrogen-bond acceptors (Lipinski definition) is 4. The van der Waals surface area contributed by atoms with Crippen LogP contribution in [-0.2, 0) is 0 Å². The molecular weight excluding hydrogens is 228 g/mol. The van der Waals surface area contributed by atoms with E-state index in [1.54, 1.807) is 0 Å². The molecule has 1 aliphatic heterocycles. The Morgan fingerprint density at radius 1 is 1.22 bits per heavy atom. The number of rotatable bonds is 4. The van der Waals surface area contributed by atoms with Crippen LogP contribution in [0.2, 0.25) is 0 Å². The van der Waals surface area contributed by atoms with Gasteiger partial charge in [0, 0.05) is 32.2 Å². The molecule has 0 bridgehead atoms. The quantitative estimate of drug-likeness (QED) is 0.735. The third-order valence-electron chi connectivity index (χ3n) is 3.68. The number of nitrogens with zero attached hydrogens (tertiary/aromatic N) is 1. The topological polar surface area (TPSA) is 55.7 Å². The summed E-state index contributed by atoms with van der Waals surface area (Å²) in [5, 5.41) is 22.3. The first kappa shape index (κ1) is 13.5. The van der Waals surface area contributed by atoms with E-state index in [0.29, 0.717) is 0 Å². The Balaban J connectivity index is 2.20. The van der Waals surface area contributed by atoms with Gasteiger partial charge < -0.3 is 15.5 Å². The maximum Gasteiger partial charge on any atom is 0.102 e. The average Bonchev–Trinajstić information content (AvgIpc) is 2.46. The Bertz CT molecular complexity index is 378. The van der Waals surface area contributed by atoms with Gasteiger partial charge in [-0.15, -0.1) is 0 Å². The van der Waals surface area contributed by atoms with Crippen molar-refractivity contribution < 1.29 is 10.2 Å². The second-order valence-corrected chi connectivity index (χ2v) is 4.79. The van der Waals surface area contributed by atoms with Crippen LogP contribution in [-0.4, -0.2) is 47.9 Å². The molecule has 4 heteroatoms. The molecule has 4 nitrogen and oxygen atoms in total. The van der Waals surface area contributed by atoms with Gasteiger partial charge in [-0.25, -0.2) is 0 Å². The smallest absolute Gasteiger partial charge is 0.102 e. The third-order valence-corrected chi connectivity index (χ3v) is 3.68. The molecule has 1 fully saturated rings. The first-order valence-corrected chi connectivity index (χ1v) is 6.56. The van der Waals surface area contributed by atoms with Crippen LogP contribution >= 0.6 is 0 Å². The molecule has 100 valence electrons. The second kappa shape index (κ2) is 6.29. The summed E-state index contributed by atoms with van der Waals surface area (Å²) in [5.74, 6) is 0. The number of piperazine rings is 1. The molecule has 0 saturated carbocycles. The first-order valence-electron chi connectivity index (χ1n) is 6.56. The van der Waals surface area contributed by atoms with Crippen molar-refractivity contribution in [2.45, 2.75) is 19.1 Å². The van der Waals surface area contributed by atoms with Crippen molar-refractivity contribution in [2.75, 3.05) is 32.8 Å². The van der Waals surface area contributed by atoms with Crippen molar-refractivity contribution in [3.63, 3.8) is 0 Å². The maximum absolute atomic E-state index is 9.88. The van der Waals surface area contributed by atoms with Crippen molar-refractivity contribution in [1.82, 2.24) is 10.2 Å². The molecule has 2 atom stereocenters. The van der Waals surface area contributed by atoms with Gasteiger partial charge in [-0.05, 0) is 18.1 Å². The molecular formula is C14H22N2O2. The van der Waals surface area contributed by atoms with E-state index in [9.17, 15) is 5.11 Å². The lowest BCUT2D eigenvalue weighted by Crippen LogP contribution is -2.44. The van der Waals surface area contributed by atoms with E-state index in [0.717, 1.165) is 37.3 Å². The highest BCUT2D eigenvalue weighted by Gasteiger charge is 2.21. The summed E-state index contributed by atoms with van der Waals surface area (Å²) in [7, 11) is 0. The van der Waals surface area contributed by atoms with Crippen LogP contribution in [0.1, 0.15) is 30.2 Å². The van der Waals surface area contributed by atoms with Crippen LogP contribution in [0, 0.1) is 0 Å². The highest BCUT2D eigenvalue weighted by atomic mass is 16.3. The number of hydrogen-bond donors (Lipinski definition) is 3. The number of nitrogens with one attached hydrogen (secondary N) is 1. The minimum atomic E-state index is -0.786. The lowest BCUT2D eigenvalue weighted by Gasteiger charge is -2.34. The fourth-order valence-electron chi connectivity index (χ4n) is 2.56. The van der Waals surface area contributed by atoms with E-state index < -0.39 is 6.10 Å². The zero-order chi connectivity index (χ0) is 13.0. The molecule has 2 rings (SSSR count). The normalized spacial score (nSPS) is 20.6. The molecule has 1 heterocycles. The molecule has 1 aromatic rings. The van der Waals surface area contributed by atoms with Crippen molar-refractivity contribution in [2.24, 2.45) is 0 Å². The summed E-state index contributed by atoms with van der Waals surface area (Å²) in [4.78, 5) is 2.40. The van der Waals surface area contributed by atoms with E-state index in [4.69, 9.17) is 5.11 Å². The summed E-state index contributed by atoms with van der Waals surface area (Å²) in [5.41, 5.74) is 1.95. The molecule has 1 saturated heterocycles. The molecule has 2 unspecified atom stereocenters. The van der Waals surface area contributed by atoms with Gasteiger partial charge in [-0.2, -0.15) is 0 Å². The van der Waals surface area contributed by atoms with E-state index in [1.165, 1.54) is 0 Å². The van der Waals surface area contributed by atoms with Gasteiger partial charge >= 0.3 is 0 Å². The van der Waals surface area contributed by atoms with Crippen molar-refractivity contribution >= 4 is 0 Å². The summed E-state index contributed by atoms with van der Waals surface area (Å²) < 4.78 is 0. The summed E-state index contributed by atoms with van der Waals surface area (Å²) in [6, 6.07) is 8.10. The molecule has 0 radical (unpaired) electrons. The molecule has 0 amide bonds. The predicted octanol–water partition coefficient (Wildman–Crippen LogP) is 0.679. The van der Waals surface area contributed by atoms with E-state index >= 15 is 0 Å².